The lowest BCUT2D eigenvalue weighted by Gasteiger charge is -2.13. The molecule has 12 aromatic rings. The van der Waals surface area contributed by atoms with Gasteiger partial charge in [0, 0.05) is 37.4 Å². The molecule has 3 heterocycles. The molecule has 60 heavy (non-hydrogen) atoms. The summed E-state index contributed by atoms with van der Waals surface area (Å²) in [5.41, 5.74) is 11.1. The van der Waals surface area contributed by atoms with Crippen molar-refractivity contribution in [2.24, 2.45) is 0 Å². The molecule has 0 N–H and O–H groups in total. The van der Waals surface area contributed by atoms with E-state index in [0.29, 0.717) is 17.6 Å². The standard InChI is InChI=1S/C55H34N4S/c1-5-16-35(17-6-1)40-28-30-48-44(32-40)46-34-45(43-27-15-25-37-20-13-14-26-42(37)43)50-47-33-41(36-18-7-2-8-19-36)29-31-49(47)60-52(50)51(46)59(48)55-57-53(38-21-9-3-10-22-38)56-54(58-55)39-23-11-4-12-24-39/h1-34H. The van der Waals surface area contributed by atoms with Gasteiger partial charge in [0.15, 0.2) is 11.6 Å². The van der Waals surface area contributed by atoms with Crippen LogP contribution < -0.4 is 0 Å². The maximum absolute atomic E-state index is 5.33. The molecule has 0 saturated heterocycles. The quantitative estimate of drug-likeness (QED) is 0.169. The third-order valence-corrected chi connectivity index (χ3v) is 12.8. The van der Waals surface area contributed by atoms with Crippen molar-refractivity contribution in [1.82, 2.24) is 19.5 Å². The molecule has 12 rings (SSSR count). The van der Waals surface area contributed by atoms with Crippen LogP contribution in [0.15, 0.2) is 206 Å². The van der Waals surface area contributed by atoms with Crippen LogP contribution in [0.2, 0.25) is 0 Å². The summed E-state index contributed by atoms with van der Waals surface area (Å²) >= 11 is 1.84. The highest BCUT2D eigenvalue weighted by Gasteiger charge is 2.25. The Bertz CT molecular complexity index is 3510. The first-order valence-electron chi connectivity index (χ1n) is 20.2. The van der Waals surface area contributed by atoms with Crippen molar-refractivity contribution < 1.29 is 0 Å². The highest BCUT2D eigenvalue weighted by atomic mass is 32.1. The van der Waals surface area contributed by atoms with Crippen LogP contribution in [0.4, 0.5) is 0 Å². The van der Waals surface area contributed by atoms with Crippen LogP contribution in [0.1, 0.15) is 0 Å². The monoisotopic (exact) mass is 782 g/mol. The lowest BCUT2D eigenvalue weighted by Crippen LogP contribution is -2.06. The molecule has 0 fully saturated rings. The van der Waals surface area contributed by atoms with E-state index in [1.807, 2.05) is 47.7 Å². The molecule has 4 nitrogen and oxygen atoms in total. The van der Waals surface area contributed by atoms with Crippen LogP contribution in [-0.4, -0.2) is 19.5 Å². The van der Waals surface area contributed by atoms with Gasteiger partial charge in [-0.2, -0.15) is 9.97 Å². The van der Waals surface area contributed by atoms with Crippen LogP contribution in [0.5, 0.6) is 0 Å². The van der Waals surface area contributed by atoms with Gasteiger partial charge in [0.1, 0.15) is 0 Å². The van der Waals surface area contributed by atoms with Crippen molar-refractivity contribution in [3.8, 4) is 62.1 Å². The van der Waals surface area contributed by atoms with E-state index in [9.17, 15) is 0 Å². The summed E-state index contributed by atoms with van der Waals surface area (Å²) in [6.07, 6.45) is 0. The number of hydrogen-bond donors (Lipinski definition) is 0. The first-order chi connectivity index (χ1) is 29.7. The molecule has 280 valence electrons. The minimum atomic E-state index is 0.580. The Morgan fingerprint density at radius 2 is 0.917 bits per heavy atom. The van der Waals surface area contributed by atoms with Crippen LogP contribution in [0, 0.1) is 0 Å². The lowest BCUT2D eigenvalue weighted by atomic mass is 9.92. The van der Waals surface area contributed by atoms with Gasteiger partial charge in [-0.15, -0.1) is 11.3 Å². The van der Waals surface area contributed by atoms with E-state index in [1.54, 1.807) is 0 Å². The summed E-state index contributed by atoms with van der Waals surface area (Å²) in [6.45, 7) is 0. The van der Waals surface area contributed by atoms with Crippen molar-refractivity contribution in [2.75, 3.05) is 0 Å². The van der Waals surface area contributed by atoms with E-state index in [2.05, 4.69) is 174 Å². The highest BCUT2D eigenvalue weighted by Crippen LogP contribution is 2.49. The van der Waals surface area contributed by atoms with Gasteiger partial charge in [0.05, 0.1) is 15.7 Å². The molecule has 0 amide bonds. The Morgan fingerprint density at radius 1 is 0.367 bits per heavy atom. The molecule has 3 aromatic heterocycles. The van der Waals surface area contributed by atoms with Crippen molar-refractivity contribution >= 4 is 64.1 Å². The molecule has 0 aliphatic rings. The Balaban J connectivity index is 1.26. The zero-order valence-electron chi connectivity index (χ0n) is 32.3. The van der Waals surface area contributed by atoms with Crippen molar-refractivity contribution in [3.63, 3.8) is 0 Å². The van der Waals surface area contributed by atoms with E-state index in [1.165, 1.54) is 58.8 Å². The molecule has 0 radical (unpaired) electrons. The van der Waals surface area contributed by atoms with E-state index in [0.717, 1.165) is 38.5 Å². The van der Waals surface area contributed by atoms with Gasteiger partial charge in [-0.3, -0.25) is 4.57 Å². The van der Waals surface area contributed by atoms with Crippen molar-refractivity contribution in [2.45, 2.75) is 0 Å². The smallest absolute Gasteiger partial charge is 0.238 e. The first kappa shape index (κ1) is 34.3. The Kier molecular flexibility index (Phi) is 8.00. The van der Waals surface area contributed by atoms with E-state index >= 15 is 0 Å². The van der Waals surface area contributed by atoms with Crippen LogP contribution >= 0.6 is 11.3 Å². The Hall–Kier alpha value is -7.73. The number of nitrogens with zero attached hydrogens (tertiary/aromatic N) is 4. The van der Waals surface area contributed by atoms with Crippen LogP contribution in [-0.2, 0) is 0 Å². The molecule has 0 spiro atoms. The van der Waals surface area contributed by atoms with E-state index < -0.39 is 0 Å². The number of aromatic nitrogens is 4. The molecule has 0 aliphatic carbocycles. The first-order valence-corrected chi connectivity index (χ1v) is 21.0. The van der Waals surface area contributed by atoms with Gasteiger partial charge >= 0.3 is 0 Å². The SMILES string of the molecule is c1ccc(-c2ccc3sc4c(c(-c5cccc6ccccc56)cc5c6cc(-c7ccccc7)ccc6n(-c6nc(-c7ccccc7)nc(-c7ccccc7)n6)c54)c3c2)cc1. The largest absolute Gasteiger partial charge is 0.276 e. The number of fused-ring (bicyclic) bond motifs is 8. The number of rotatable bonds is 6. The second-order valence-electron chi connectivity index (χ2n) is 15.2. The fourth-order valence-corrected chi connectivity index (χ4v) is 10.1. The molecule has 0 aliphatic heterocycles. The van der Waals surface area contributed by atoms with E-state index in [-0.39, 0.29) is 0 Å². The third kappa shape index (κ3) is 5.63. The normalized spacial score (nSPS) is 11.7. The van der Waals surface area contributed by atoms with Crippen molar-refractivity contribution in [3.05, 3.63) is 206 Å². The Morgan fingerprint density at radius 3 is 1.57 bits per heavy atom. The minimum Gasteiger partial charge on any atom is -0.276 e. The van der Waals surface area contributed by atoms with Crippen LogP contribution in [0.25, 0.3) is 115 Å². The second kappa shape index (κ2) is 14.0. The summed E-state index contributed by atoms with van der Waals surface area (Å²) in [5, 5.41) is 7.19. The summed E-state index contributed by atoms with van der Waals surface area (Å²) in [6, 6.07) is 73.4. The summed E-state index contributed by atoms with van der Waals surface area (Å²) in [4.78, 5) is 15.8. The molecule has 9 aromatic carbocycles. The van der Waals surface area contributed by atoms with Crippen molar-refractivity contribution in [1.29, 1.82) is 0 Å². The summed E-state index contributed by atoms with van der Waals surface area (Å²) in [7, 11) is 0. The second-order valence-corrected chi connectivity index (χ2v) is 16.2. The number of benzene rings is 9. The molecule has 0 unspecified atom stereocenters. The van der Waals surface area contributed by atoms with Gasteiger partial charge < -0.3 is 0 Å². The lowest BCUT2D eigenvalue weighted by molar-refractivity contribution is 0.955. The fourth-order valence-electron chi connectivity index (χ4n) is 8.83. The zero-order chi connectivity index (χ0) is 39.6. The predicted octanol–water partition coefficient (Wildman–Crippen LogP) is 14.8. The highest BCUT2D eigenvalue weighted by molar-refractivity contribution is 7.26. The number of thiophene rings is 1. The van der Waals surface area contributed by atoms with Gasteiger partial charge in [0.25, 0.3) is 0 Å². The average Bonchev–Trinajstić information content (AvgIpc) is 3.88. The summed E-state index contributed by atoms with van der Waals surface area (Å²) in [5.74, 6) is 1.84. The maximum Gasteiger partial charge on any atom is 0.238 e. The zero-order valence-corrected chi connectivity index (χ0v) is 33.1. The van der Waals surface area contributed by atoms with Gasteiger partial charge in [-0.05, 0) is 74.5 Å². The minimum absolute atomic E-state index is 0.580. The molecular formula is C55H34N4S. The number of hydrogen-bond acceptors (Lipinski definition) is 4. The molecule has 0 bridgehead atoms. The average molecular weight is 783 g/mol. The maximum atomic E-state index is 5.33. The fraction of sp³-hybridized carbons (Fsp3) is 0. The molecule has 5 heteroatoms. The van der Waals surface area contributed by atoms with E-state index in [4.69, 9.17) is 15.0 Å². The molecular weight excluding hydrogens is 749 g/mol. The summed E-state index contributed by atoms with van der Waals surface area (Å²) < 4.78 is 4.71. The molecule has 0 saturated carbocycles. The predicted molar refractivity (Wildman–Crippen MR) is 252 cm³/mol. The van der Waals surface area contributed by atoms with Crippen LogP contribution in [0.3, 0.4) is 0 Å². The topological polar surface area (TPSA) is 43.6 Å². The van der Waals surface area contributed by atoms with Gasteiger partial charge in [-0.1, -0.05) is 176 Å². The molecule has 0 atom stereocenters. The third-order valence-electron chi connectivity index (χ3n) is 11.6. The van der Waals surface area contributed by atoms with Gasteiger partial charge in [0.2, 0.25) is 5.95 Å². The Labute approximate surface area is 350 Å². The van der Waals surface area contributed by atoms with Gasteiger partial charge in [-0.25, -0.2) is 4.98 Å².